The number of aromatic nitrogens is 1. The average Bonchev–Trinajstić information content (AvgIpc) is 2.94. The number of amides is 2. The minimum Gasteiger partial charge on any atom is -0.378 e. The van der Waals surface area contributed by atoms with Crippen molar-refractivity contribution in [3.05, 3.63) is 54.2 Å². The van der Waals surface area contributed by atoms with Gasteiger partial charge in [0.15, 0.2) is 0 Å². The summed E-state index contributed by atoms with van der Waals surface area (Å²) in [5, 5.41) is 6.62. The summed E-state index contributed by atoms with van der Waals surface area (Å²) in [6, 6.07) is 4.53. The van der Waals surface area contributed by atoms with Crippen LogP contribution >= 0.6 is 0 Å². The summed E-state index contributed by atoms with van der Waals surface area (Å²) < 4.78 is 19.9. The summed E-state index contributed by atoms with van der Waals surface area (Å²) in [5.41, 5.74) is 1.63. The molecule has 2 unspecified atom stereocenters. The molecule has 10 nitrogen and oxygen atoms in total. The highest BCUT2D eigenvalue weighted by atomic mass is 19.1. The highest BCUT2D eigenvalue weighted by molar-refractivity contribution is 5.97. The first kappa shape index (κ1) is 30.2. The van der Waals surface area contributed by atoms with E-state index in [2.05, 4.69) is 46.6 Å². The van der Waals surface area contributed by atoms with Gasteiger partial charge in [-0.25, -0.2) is 14.4 Å². The summed E-state index contributed by atoms with van der Waals surface area (Å²) in [5.74, 6) is -0.569. The molecule has 0 radical (unpaired) electrons. The number of nitrogens with one attached hydrogen (secondary N) is 1. The highest BCUT2D eigenvalue weighted by Gasteiger charge is 2.42. The van der Waals surface area contributed by atoms with Crippen LogP contribution in [0.25, 0.3) is 0 Å². The van der Waals surface area contributed by atoms with Crippen LogP contribution in [0.2, 0.25) is 0 Å². The molecule has 3 fully saturated rings. The summed E-state index contributed by atoms with van der Waals surface area (Å²) in [4.78, 5) is 37.9. The van der Waals surface area contributed by atoms with Crippen molar-refractivity contribution in [1.82, 2.24) is 24.8 Å². The fraction of sp³-hybridized carbons (Fsp3) is 0.581. The van der Waals surface area contributed by atoms with Gasteiger partial charge in [-0.05, 0) is 58.7 Å². The van der Waals surface area contributed by atoms with Crippen molar-refractivity contribution in [2.24, 2.45) is 0 Å². The van der Waals surface area contributed by atoms with Crippen molar-refractivity contribution in [1.29, 1.82) is 0 Å². The lowest BCUT2D eigenvalue weighted by molar-refractivity contribution is -0.163. The van der Waals surface area contributed by atoms with Gasteiger partial charge in [0.25, 0.3) is 11.8 Å². The fourth-order valence-electron chi connectivity index (χ4n) is 6.62. The molecule has 0 saturated carbocycles. The van der Waals surface area contributed by atoms with Gasteiger partial charge < -0.3 is 19.9 Å². The molecule has 0 spiro atoms. The Morgan fingerprint density at radius 3 is 2.48 bits per heavy atom. The van der Waals surface area contributed by atoms with E-state index in [1.807, 2.05) is 44.2 Å². The molecule has 4 aliphatic heterocycles. The van der Waals surface area contributed by atoms with Gasteiger partial charge in [-0.15, -0.1) is 0 Å². The molecule has 11 heteroatoms. The van der Waals surface area contributed by atoms with E-state index in [4.69, 9.17) is 4.74 Å². The smallest absolute Gasteiger partial charge is 0.270 e. The van der Waals surface area contributed by atoms with E-state index >= 15 is 0 Å². The number of hydrogen-bond acceptors (Lipinski definition) is 8. The minimum atomic E-state index is -0.592. The van der Waals surface area contributed by atoms with E-state index < -0.39 is 5.83 Å². The summed E-state index contributed by atoms with van der Waals surface area (Å²) in [6.07, 6.45) is 5.65. The zero-order valence-corrected chi connectivity index (χ0v) is 25.6. The lowest BCUT2D eigenvalue weighted by Gasteiger charge is -2.50. The Labute approximate surface area is 248 Å². The number of anilines is 2. The molecular formula is C31H44FN7O3. The maximum absolute atomic E-state index is 14.5. The Morgan fingerprint density at radius 2 is 1.86 bits per heavy atom. The Morgan fingerprint density at radius 1 is 1.12 bits per heavy atom. The van der Waals surface area contributed by atoms with Crippen molar-refractivity contribution in [2.75, 3.05) is 50.6 Å². The lowest BCUT2D eigenvalue weighted by atomic mass is 9.96. The summed E-state index contributed by atoms with van der Waals surface area (Å²) >= 11 is 0. The average molecular weight is 582 g/mol. The first-order valence-electron chi connectivity index (χ1n) is 14.9. The van der Waals surface area contributed by atoms with Crippen LogP contribution in [0.3, 0.4) is 0 Å². The lowest BCUT2D eigenvalue weighted by Crippen LogP contribution is -2.63. The second-order valence-electron chi connectivity index (χ2n) is 12.1. The predicted molar refractivity (Wildman–Crippen MR) is 161 cm³/mol. The number of nitrogens with zero attached hydrogens (tertiary/aromatic N) is 6. The van der Waals surface area contributed by atoms with Crippen LogP contribution in [0.15, 0.2) is 54.2 Å². The van der Waals surface area contributed by atoms with Gasteiger partial charge in [-0.1, -0.05) is 12.7 Å². The van der Waals surface area contributed by atoms with Gasteiger partial charge in [0.05, 0.1) is 48.8 Å². The molecule has 1 aromatic heterocycles. The standard InChI is InChI=1S/C31H44FN7O3/c1-8-26(32)25-13-19(2)36(7)39(30(25)40)22(5)28-11-10-27(31(41)35(28)6)34-29-12-9-23(14-33-29)37-15-21(4)38(16-20(37)3)24-17-42-18-24/h8-10,12,14,19-22,24,28H,1,11,13,15-18H2,2-7H3,(H,33,34)/b26-25-/t19?,20-,21+,22?,28-/m0/s1. The highest BCUT2D eigenvalue weighted by Crippen LogP contribution is 2.32. The molecule has 0 aliphatic carbocycles. The number of pyridine rings is 1. The fourth-order valence-corrected chi connectivity index (χ4v) is 6.62. The third-order valence-corrected chi connectivity index (χ3v) is 9.43. The van der Waals surface area contributed by atoms with E-state index in [1.165, 1.54) is 0 Å². The number of halogens is 1. The largest absolute Gasteiger partial charge is 0.378 e. The van der Waals surface area contributed by atoms with Crippen LogP contribution in [0.4, 0.5) is 15.9 Å². The Bertz CT molecular complexity index is 1260. The van der Waals surface area contributed by atoms with Crippen LogP contribution in [0, 0.1) is 0 Å². The van der Waals surface area contributed by atoms with Crippen LogP contribution in [0.5, 0.6) is 0 Å². The van der Waals surface area contributed by atoms with Crippen LogP contribution in [-0.2, 0) is 14.3 Å². The monoisotopic (exact) mass is 581 g/mol. The van der Waals surface area contributed by atoms with E-state index in [-0.39, 0.29) is 35.5 Å². The number of carbonyl (C=O) groups is 2. The van der Waals surface area contributed by atoms with Crippen molar-refractivity contribution in [2.45, 2.75) is 76.8 Å². The zero-order chi connectivity index (χ0) is 30.3. The molecule has 5 heterocycles. The Hall–Kier alpha value is -3.28. The van der Waals surface area contributed by atoms with Gasteiger partial charge in [0.2, 0.25) is 0 Å². The molecule has 5 atom stereocenters. The Kier molecular flexibility index (Phi) is 8.73. The predicted octanol–water partition coefficient (Wildman–Crippen LogP) is 3.17. The van der Waals surface area contributed by atoms with Crippen LogP contribution in [0.1, 0.15) is 40.5 Å². The molecule has 5 rings (SSSR count). The second-order valence-corrected chi connectivity index (χ2v) is 12.1. The first-order chi connectivity index (χ1) is 20.0. The molecule has 228 valence electrons. The molecule has 4 aliphatic rings. The van der Waals surface area contributed by atoms with Gasteiger partial charge in [-0.2, -0.15) is 0 Å². The van der Waals surface area contributed by atoms with Gasteiger partial charge in [0.1, 0.15) is 17.3 Å². The van der Waals surface area contributed by atoms with Gasteiger partial charge in [0, 0.05) is 45.3 Å². The van der Waals surface area contributed by atoms with E-state index in [9.17, 15) is 14.0 Å². The summed E-state index contributed by atoms with van der Waals surface area (Å²) in [6.45, 7) is 15.4. The first-order valence-corrected chi connectivity index (χ1v) is 14.9. The number of hydrogen-bond donors (Lipinski definition) is 1. The zero-order valence-electron chi connectivity index (χ0n) is 25.6. The normalized spacial score (nSPS) is 30.2. The quantitative estimate of drug-likeness (QED) is 0.492. The van der Waals surface area contributed by atoms with Gasteiger partial charge in [-0.3, -0.25) is 19.5 Å². The number of carbonyl (C=O) groups excluding carboxylic acids is 2. The summed E-state index contributed by atoms with van der Waals surface area (Å²) in [7, 11) is 3.57. The number of rotatable bonds is 7. The molecular weight excluding hydrogens is 537 g/mol. The third-order valence-electron chi connectivity index (χ3n) is 9.43. The topological polar surface area (TPSA) is 84.5 Å². The molecule has 1 aromatic rings. The molecule has 42 heavy (non-hydrogen) atoms. The number of ether oxygens (including phenoxy) is 1. The van der Waals surface area contributed by atoms with E-state index in [0.717, 1.165) is 38.1 Å². The SMILES string of the molecule is C=C/C(F)=C1\CC(C)N(C)N(C(C)[C@@H]2CC=C(Nc3ccc(N4C[C@@H](C)N(C5COC5)C[C@@H]4C)cn3)C(=O)N2C)C1=O. The molecule has 0 aromatic carbocycles. The maximum Gasteiger partial charge on any atom is 0.270 e. The minimum absolute atomic E-state index is 0.0790. The molecule has 1 N–H and O–H groups in total. The number of hydrazine groups is 1. The van der Waals surface area contributed by atoms with Crippen molar-refractivity contribution in [3.63, 3.8) is 0 Å². The van der Waals surface area contributed by atoms with Crippen molar-refractivity contribution in [3.8, 4) is 0 Å². The molecule has 3 saturated heterocycles. The van der Waals surface area contributed by atoms with Crippen molar-refractivity contribution >= 4 is 23.3 Å². The number of likely N-dealkylation sites (N-methyl/N-ethyl adjacent to an activating group) is 1. The van der Waals surface area contributed by atoms with Crippen LogP contribution in [-0.4, -0.2) is 113 Å². The van der Waals surface area contributed by atoms with Crippen molar-refractivity contribution < 1.29 is 18.7 Å². The number of piperazine rings is 1. The second kappa shape index (κ2) is 12.1. The number of allylic oxidation sites excluding steroid dienone is 2. The van der Waals surface area contributed by atoms with Gasteiger partial charge >= 0.3 is 0 Å². The molecule has 0 bridgehead atoms. The Balaban J connectivity index is 1.25. The van der Waals surface area contributed by atoms with E-state index in [1.54, 1.807) is 17.0 Å². The van der Waals surface area contributed by atoms with E-state index in [0.29, 0.717) is 42.5 Å². The molecule has 2 amide bonds. The third kappa shape index (κ3) is 5.57. The maximum atomic E-state index is 14.5. The van der Waals surface area contributed by atoms with Crippen LogP contribution < -0.4 is 10.2 Å².